The van der Waals surface area contributed by atoms with E-state index < -0.39 is 7.12 Å². The van der Waals surface area contributed by atoms with Crippen LogP contribution in [0.1, 0.15) is 24.8 Å². The maximum absolute atomic E-state index is 13.7. The molecule has 0 bridgehead atoms. The van der Waals surface area contributed by atoms with Crippen LogP contribution in [-0.2, 0) is 6.54 Å². The lowest BCUT2D eigenvalue weighted by Crippen LogP contribution is -2.37. The molecule has 1 saturated carbocycles. The van der Waals surface area contributed by atoms with Crippen LogP contribution < -0.4 is 5.46 Å². The van der Waals surface area contributed by atoms with Crippen molar-refractivity contribution < 1.29 is 14.4 Å². The second-order valence-electron chi connectivity index (χ2n) is 4.72. The highest BCUT2D eigenvalue weighted by Crippen LogP contribution is 2.25. The third kappa shape index (κ3) is 2.86. The zero-order valence-corrected chi connectivity index (χ0v) is 9.93. The average Bonchev–Trinajstić information content (AvgIpc) is 2.18. The number of hydrogen-bond acceptors (Lipinski definition) is 3. The molecule has 1 aromatic carbocycles. The number of hydrogen-bond donors (Lipinski definition) is 2. The van der Waals surface area contributed by atoms with Crippen LogP contribution in [0, 0.1) is 5.82 Å². The molecular formula is C12H17BFNO2. The molecular weight excluding hydrogens is 220 g/mol. The van der Waals surface area contributed by atoms with Gasteiger partial charge in [-0.1, -0.05) is 18.6 Å². The first-order valence-electron chi connectivity index (χ1n) is 5.92. The van der Waals surface area contributed by atoms with E-state index in [1.807, 2.05) is 7.05 Å². The van der Waals surface area contributed by atoms with Gasteiger partial charge in [-0.2, -0.15) is 0 Å². The summed E-state index contributed by atoms with van der Waals surface area (Å²) in [7, 11) is 0.390. The van der Waals surface area contributed by atoms with Crippen molar-refractivity contribution >= 4 is 12.6 Å². The summed E-state index contributed by atoms with van der Waals surface area (Å²) in [5.41, 5.74) is 0.793. The van der Waals surface area contributed by atoms with Crippen LogP contribution in [0.5, 0.6) is 0 Å². The maximum atomic E-state index is 13.7. The van der Waals surface area contributed by atoms with Crippen LogP contribution in [0.2, 0.25) is 0 Å². The lowest BCUT2D eigenvalue weighted by Gasteiger charge is -2.34. The second kappa shape index (κ2) is 5.17. The van der Waals surface area contributed by atoms with Crippen LogP contribution in [-0.4, -0.2) is 35.2 Å². The minimum absolute atomic E-state index is 0.192. The molecule has 1 aromatic rings. The van der Waals surface area contributed by atoms with E-state index in [-0.39, 0.29) is 11.3 Å². The van der Waals surface area contributed by atoms with Crippen LogP contribution in [0.3, 0.4) is 0 Å². The predicted octanol–water partition coefficient (Wildman–Crippen LogP) is 0.490. The van der Waals surface area contributed by atoms with Crippen molar-refractivity contribution in [1.82, 2.24) is 4.90 Å². The van der Waals surface area contributed by atoms with Crippen molar-refractivity contribution in [3.05, 3.63) is 29.6 Å². The molecule has 0 saturated heterocycles. The molecule has 0 spiro atoms. The Hall–Kier alpha value is -0.905. The normalized spacial score (nSPS) is 16.1. The van der Waals surface area contributed by atoms with Crippen LogP contribution in [0.15, 0.2) is 18.2 Å². The van der Waals surface area contributed by atoms with Gasteiger partial charge in [0.2, 0.25) is 0 Å². The van der Waals surface area contributed by atoms with Gasteiger partial charge in [0, 0.05) is 18.2 Å². The van der Waals surface area contributed by atoms with Gasteiger partial charge in [0.15, 0.2) is 0 Å². The van der Waals surface area contributed by atoms with Gasteiger partial charge in [0.1, 0.15) is 5.82 Å². The van der Waals surface area contributed by atoms with Gasteiger partial charge in [0.25, 0.3) is 0 Å². The number of rotatable bonds is 4. The smallest absolute Gasteiger partial charge is 0.423 e. The highest BCUT2D eigenvalue weighted by molar-refractivity contribution is 6.58. The quantitative estimate of drug-likeness (QED) is 0.749. The molecule has 5 heteroatoms. The standard InChI is InChI=1S/C12H17BFNO2/c1-15(11-3-2-4-11)8-9-5-6-10(13(16)17)7-12(9)14/h5-7,11,16-17H,2-4,8H2,1H3. The van der Waals surface area contributed by atoms with Gasteiger partial charge in [-0.25, -0.2) is 4.39 Å². The molecule has 17 heavy (non-hydrogen) atoms. The van der Waals surface area contributed by atoms with E-state index in [1.54, 1.807) is 12.1 Å². The topological polar surface area (TPSA) is 43.7 Å². The van der Waals surface area contributed by atoms with Crippen molar-refractivity contribution in [2.45, 2.75) is 31.8 Å². The summed E-state index contributed by atoms with van der Waals surface area (Å²) in [5.74, 6) is -0.373. The Morgan fingerprint density at radius 2 is 2.12 bits per heavy atom. The van der Waals surface area contributed by atoms with E-state index in [0.29, 0.717) is 18.2 Å². The molecule has 0 atom stereocenters. The third-order valence-electron chi connectivity index (χ3n) is 3.49. The van der Waals surface area contributed by atoms with Gasteiger partial charge in [0.05, 0.1) is 0 Å². The highest BCUT2D eigenvalue weighted by Gasteiger charge is 2.23. The van der Waals surface area contributed by atoms with Crippen LogP contribution >= 0.6 is 0 Å². The molecule has 0 amide bonds. The van der Waals surface area contributed by atoms with Crippen molar-refractivity contribution in [2.75, 3.05) is 7.05 Å². The van der Waals surface area contributed by atoms with Crippen molar-refractivity contribution in [3.63, 3.8) is 0 Å². The lowest BCUT2D eigenvalue weighted by molar-refractivity contribution is 0.151. The molecule has 0 heterocycles. The molecule has 0 unspecified atom stereocenters. The monoisotopic (exact) mass is 237 g/mol. The zero-order chi connectivity index (χ0) is 12.4. The molecule has 2 rings (SSSR count). The Kier molecular flexibility index (Phi) is 3.81. The minimum atomic E-state index is -1.61. The van der Waals surface area contributed by atoms with Gasteiger partial charge in [-0.3, -0.25) is 4.90 Å². The predicted molar refractivity (Wildman–Crippen MR) is 65.3 cm³/mol. The largest absolute Gasteiger partial charge is 0.488 e. The summed E-state index contributed by atoms with van der Waals surface area (Å²) in [4.78, 5) is 2.15. The van der Waals surface area contributed by atoms with Crippen LogP contribution in [0.4, 0.5) is 4.39 Å². The van der Waals surface area contributed by atoms with Crippen molar-refractivity contribution in [2.24, 2.45) is 0 Å². The van der Waals surface area contributed by atoms with E-state index in [2.05, 4.69) is 4.90 Å². The highest BCUT2D eigenvalue weighted by atomic mass is 19.1. The Morgan fingerprint density at radius 3 is 2.59 bits per heavy atom. The molecule has 1 aliphatic carbocycles. The van der Waals surface area contributed by atoms with E-state index in [4.69, 9.17) is 10.0 Å². The fraction of sp³-hybridized carbons (Fsp3) is 0.500. The molecule has 92 valence electrons. The van der Waals surface area contributed by atoms with Gasteiger partial charge >= 0.3 is 7.12 Å². The van der Waals surface area contributed by atoms with Crippen molar-refractivity contribution in [3.8, 4) is 0 Å². The summed E-state index contributed by atoms with van der Waals surface area (Å²) in [5, 5.41) is 17.9. The molecule has 1 fully saturated rings. The maximum Gasteiger partial charge on any atom is 0.488 e. The van der Waals surface area contributed by atoms with Gasteiger partial charge in [-0.05, 0) is 31.4 Å². The Bertz CT molecular complexity index is 396. The fourth-order valence-electron chi connectivity index (χ4n) is 2.08. The zero-order valence-electron chi connectivity index (χ0n) is 9.93. The van der Waals surface area contributed by atoms with E-state index >= 15 is 0 Å². The van der Waals surface area contributed by atoms with Gasteiger partial charge < -0.3 is 10.0 Å². The second-order valence-corrected chi connectivity index (χ2v) is 4.72. The summed E-state index contributed by atoms with van der Waals surface area (Å²) in [6.07, 6.45) is 3.63. The lowest BCUT2D eigenvalue weighted by atomic mass is 9.80. The Balaban J connectivity index is 2.05. The first-order valence-corrected chi connectivity index (χ1v) is 5.92. The average molecular weight is 237 g/mol. The van der Waals surface area contributed by atoms with E-state index in [9.17, 15) is 4.39 Å². The minimum Gasteiger partial charge on any atom is -0.423 e. The first kappa shape index (κ1) is 12.5. The number of nitrogens with zero attached hydrogens (tertiary/aromatic N) is 1. The van der Waals surface area contributed by atoms with E-state index in [1.165, 1.54) is 25.3 Å². The SMILES string of the molecule is CN(Cc1ccc(B(O)O)cc1F)C1CCC1. The number of halogens is 1. The Labute approximate surface area is 101 Å². The molecule has 2 N–H and O–H groups in total. The molecule has 3 nitrogen and oxygen atoms in total. The molecule has 0 aromatic heterocycles. The number of benzene rings is 1. The summed E-state index contributed by atoms with van der Waals surface area (Å²) >= 11 is 0. The molecule has 1 aliphatic rings. The summed E-state index contributed by atoms with van der Waals surface area (Å²) in [6, 6.07) is 4.93. The summed E-state index contributed by atoms with van der Waals surface area (Å²) < 4.78 is 13.7. The first-order chi connectivity index (χ1) is 8.08. The Morgan fingerprint density at radius 1 is 1.41 bits per heavy atom. The fourth-order valence-corrected chi connectivity index (χ4v) is 2.08. The molecule has 0 radical (unpaired) electrons. The third-order valence-corrected chi connectivity index (χ3v) is 3.49. The summed E-state index contributed by atoms with van der Waals surface area (Å²) in [6.45, 7) is 0.568. The van der Waals surface area contributed by atoms with E-state index in [0.717, 1.165) is 0 Å². The van der Waals surface area contributed by atoms with Gasteiger partial charge in [-0.15, -0.1) is 0 Å². The van der Waals surface area contributed by atoms with Crippen LogP contribution in [0.25, 0.3) is 0 Å². The molecule has 0 aliphatic heterocycles. The van der Waals surface area contributed by atoms with Crippen molar-refractivity contribution in [1.29, 1.82) is 0 Å².